The van der Waals surface area contributed by atoms with Gasteiger partial charge in [0.2, 0.25) is 0 Å². The third-order valence-corrected chi connectivity index (χ3v) is 9.20. The van der Waals surface area contributed by atoms with Gasteiger partial charge in [0, 0.05) is 39.5 Å². The van der Waals surface area contributed by atoms with Crippen molar-refractivity contribution in [3.05, 3.63) is 137 Å². The Balaban J connectivity index is 1.50. The molecule has 0 aliphatic carbocycles. The van der Waals surface area contributed by atoms with E-state index in [9.17, 15) is 31.6 Å². The fraction of sp³-hybridized carbons (Fsp3) is 0.100. The lowest BCUT2D eigenvalue weighted by atomic mass is 10.00. The van der Waals surface area contributed by atoms with Crippen LogP contribution in [0.25, 0.3) is 66.1 Å². The van der Waals surface area contributed by atoms with E-state index in [0.29, 0.717) is 16.9 Å². The average molecular weight is 675 g/mol. The summed E-state index contributed by atoms with van der Waals surface area (Å²) in [4.78, 5) is 4.18. The summed E-state index contributed by atoms with van der Waals surface area (Å²) in [7, 11) is 0. The highest BCUT2D eigenvalue weighted by atomic mass is 19.4. The molecule has 3 heterocycles. The number of aryl methyl sites for hydroxylation is 2. The Kier molecular flexibility index (Phi) is 6.85. The molecule has 5 aromatic carbocycles. The molecule has 50 heavy (non-hydrogen) atoms. The van der Waals surface area contributed by atoms with Crippen LogP contribution in [-0.4, -0.2) is 14.1 Å². The number of aromatic nitrogens is 3. The van der Waals surface area contributed by atoms with Crippen LogP contribution in [-0.2, 0) is 12.4 Å². The van der Waals surface area contributed by atoms with Crippen LogP contribution in [0.1, 0.15) is 27.8 Å². The van der Waals surface area contributed by atoms with Gasteiger partial charge in [-0.1, -0.05) is 23.3 Å². The average Bonchev–Trinajstić information content (AvgIpc) is 3.58. The van der Waals surface area contributed by atoms with Crippen LogP contribution in [0.3, 0.4) is 0 Å². The number of nitriles is 1. The second-order valence-electron chi connectivity index (χ2n) is 12.4. The fourth-order valence-electron chi connectivity index (χ4n) is 6.95. The van der Waals surface area contributed by atoms with E-state index in [2.05, 4.69) is 27.8 Å². The number of nitrogens with zero attached hydrogens (tertiary/aromatic N) is 4. The predicted molar refractivity (Wildman–Crippen MR) is 183 cm³/mol. The van der Waals surface area contributed by atoms with Gasteiger partial charge in [-0.15, -0.1) is 0 Å². The van der Waals surface area contributed by atoms with E-state index in [-0.39, 0.29) is 27.4 Å². The maximum absolute atomic E-state index is 13.9. The topological polar surface area (TPSA) is 46.5 Å². The minimum absolute atomic E-state index is 0.0208. The Bertz CT molecular complexity index is 2580. The lowest BCUT2D eigenvalue weighted by Crippen LogP contribution is -2.05. The van der Waals surface area contributed by atoms with Crippen molar-refractivity contribution in [1.29, 1.82) is 5.26 Å². The van der Waals surface area contributed by atoms with Crippen molar-refractivity contribution < 1.29 is 26.3 Å². The third-order valence-electron chi connectivity index (χ3n) is 9.20. The monoisotopic (exact) mass is 674 g/mol. The molecular weight excluding hydrogens is 650 g/mol. The number of hydrogen-bond donors (Lipinski definition) is 0. The van der Waals surface area contributed by atoms with Crippen LogP contribution in [0.5, 0.6) is 0 Å². The van der Waals surface area contributed by atoms with Crippen molar-refractivity contribution in [2.24, 2.45) is 0 Å². The van der Waals surface area contributed by atoms with Crippen LogP contribution < -0.4 is 0 Å². The van der Waals surface area contributed by atoms with Crippen LogP contribution in [0.15, 0.2) is 109 Å². The summed E-state index contributed by atoms with van der Waals surface area (Å²) < 4.78 is 86.9. The van der Waals surface area contributed by atoms with Crippen LogP contribution in [0.2, 0.25) is 0 Å². The molecule has 0 bridgehead atoms. The number of benzene rings is 5. The van der Waals surface area contributed by atoms with Crippen LogP contribution >= 0.6 is 0 Å². The van der Waals surface area contributed by atoms with Crippen molar-refractivity contribution >= 4 is 43.6 Å². The van der Waals surface area contributed by atoms with E-state index in [1.807, 2.05) is 50.2 Å². The lowest BCUT2D eigenvalue weighted by molar-refractivity contribution is -0.138. The minimum Gasteiger partial charge on any atom is -0.309 e. The zero-order valence-electron chi connectivity index (χ0n) is 26.4. The first-order valence-corrected chi connectivity index (χ1v) is 15.6. The summed E-state index contributed by atoms with van der Waals surface area (Å²) in [6.07, 6.45) is -6.18. The second kappa shape index (κ2) is 11.0. The molecule has 8 aromatic rings. The number of fused-ring (bicyclic) bond motifs is 6. The van der Waals surface area contributed by atoms with Gasteiger partial charge in [0.1, 0.15) is 6.07 Å². The smallest absolute Gasteiger partial charge is 0.309 e. The molecule has 0 unspecified atom stereocenters. The summed E-state index contributed by atoms with van der Waals surface area (Å²) >= 11 is 0. The molecule has 3 aromatic heterocycles. The molecule has 0 fully saturated rings. The molecule has 246 valence electrons. The number of pyridine rings is 1. The molecule has 0 radical (unpaired) electrons. The zero-order valence-corrected chi connectivity index (χ0v) is 26.4. The van der Waals surface area contributed by atoms with Gasteiger partial charge in [0.15, 0.2) is 0 Å². The highest BCUT2D eigenvalue weighted by Gasteiger charge is 2.33. The first-order chi connectivity index (χ1) is 23.8. The quantitative estimate of drug-likeness (QED) is 0.175. The molecule has 0 amide bonds. The van der Waals surface area contributed by atoms with Crippen molar-refractivity contribution in [3.8, 4) is 28.6 Å². The number of hydrogen-bond acceptors (Lipinski definition) is 2. The van der Waals surface area contributed by atoms with Gasteiger partial charge in [0.05, 0.1) is 50.1 Å². The summed E-state index contributed by atoms with van der Waals surface area (Å²) in [5.41, 5.74) is 4.98. The number of rotatable bonds is 3. The summed E-state index contributed by atoms with van der Waals surface area (Å²) in [6.45, 7) is 4.04. The Labute approximate surface area is 281 Å². The van der Waals surface area contributed by atoms with E-state index in [1.54, 1.807) is 29.1 Å². The number of alkyl halides is 6. The molecule has 0 N–H and O–H groups in total. The Morgan fingerprint density at radius 2 is 0.980 bits per heavy atom. The maximum atomic E-state index is 13.9. The predicted octanol–water partition coefficient (Wildman–Crippen LogP) is 11.5. The van der Waals surface area contributed by atoms with E-state index >= 15 is 0 Å². The Morgan fingerprint density at radius 3 is 1.44 bits per heavy atom. The standard InChI is InChI=1S/C40H24F6N4/c1-22-3-7-33-29(15-22)30-16-23(2)4-8-34(30)50(33)38-17-25(21-47)37(20-28(38)24-11-13-48-14-12-24)49-35-9-5-26(39(41,42)43)18-31(35)32-19-27(40(44,45)46)6-10-36(32)49/h3-20H,1-2H3. The van der Waals surface area contributed by atoms with Crippen molar-refractivity contribution in [1.82, 2.24) is 14.1 Å². The molecule has 0 aliphatic rings. The Morgan fingerprint density at radius 1 is 0.540 bits per heavy atom. The minimum atomic E-state index is -4.72. The normalized spacial score (nSPS) is 12.4. The van der Waals surface area contributed by atoms with Crippen molar-refractivity contribution in [2.45, 2.75) is 26.2 Å². The van der Waals surface area contributed by atoms with Crippen molar-refractivity contribution in [2.75, 3.05) is 0 Å². The maximum Gasteiger partial charge on any atom is 0.416 e. The van der Waals surface area contributed by atoms with E-state index < -0.39 is 23.5 Å². The van der Waals surface area contributed by atoms with Gasteiger partial charge in [-0.2, -0.15) is 31.6 Å². The van der Waals surface area contributed by atoms with E-state index in [0.717, 1.165) is 62.8 Å². The van der Waals surface area contributed by atoms with E-state index in [1.165, 1.54) is 12.1 Å². The lowest BCUT2D eigenvalue weighted by Gasteiger charge is -2.19. The van der Waals surface area contributed by atoms with Gasteiger partial charge in [-0.05, 0) is 104 Å². The molecular formula is C40H24F6N4. The van der Waals surface area contributed by atoms with Gasteiger partial charge in [-0.25, -0.2) is 0 Å². The molecule has 10 heteroatoms. The fourth-order valence-corrected chi connectivity index (χ4v) is 6.95. The van der Waals surface area contributed by atoms with E-state index in [4.69, 9.17) is 0 Å². The first-order valence-electron chi connectivity index (χ1n) is 15.6. The molecule has 0 atom stereocenters. The second-order valence-corrected chi connectivity index (χ2v) is 12.4. The summed E-state index contributed by atoms with van der Waals surface area (Å²) in [6, 6.07) is 27.7. The van der Waals surface area contributed by atoms with Gasteiger partial charge in [0.25, 0.3) is 0 Å². The van der Waals surface area contributed by atoms with Gasteiger partial charge < -0.3 is 9.13 Å². The highest BCUT2D eigenvalue weighted by Crippen LogP contribution is 2.43. The molecule has 4 nitrogen and oxygen atoms in total. The molecule has 0 saturated heterocycles. The molecule has 0 saturated carbocycles. The van der Waals surface area contributed by atoms with Crippen LogP contribution in [0, 0.1) is 25.2 Å². The highest BCUT2D eigenvalue weighted by molar-refractivity contribution is 6.11. The van der Waals surface area contributed by atoms with Gasteiger partial charge >= 0.3 is 12.4 Å². The van der Waals surface area contributed by atoms with Crippen molar-refractivity contribution in [3.63, 3.8) is 0 Å². The molecule has 0 spiro atoms. The Hall–Kier alpha value is -6.08. The molecule has 0 aliphatic heterocycles. The van der Waals surface area contributed by atoms with Gasteiger partial charge in [-0.3, -0.25) is 4.98 Å². The largest absolute Gasteiger partial charge is 0.416 e. The number of halogens is 6. The summed E-state index contributed by atoms with van der Waals surface area (Å²) in [5, 5.41) is 12.7. The SMILES string of the molecule is Cc1ccc2c(c1)c1cc(C)ccc1n2-c1cc(C#N)c(-n2c3ccc(C(F)(F)F)cc3c3cc(C(F)(F)F)ccc32)cc1-c1ccncc1. The summed E-state index contributed by atoms with van der Waals surface area (Å²) in [5.74, 6) is 0. The first kappa shape index (κ1) is 31.2. The van der Waals surface area contributed by atoms with Crippen LogP contribution in [0.4, 0.5) is 26.3 Å². The third kappa shape index (κ3) is 4.88. The zero-order chi connectivity index (χ0) is 35.1. The molecule has 8 rings (SSSR count).